The van der Waals surface area contributed by atoms with Crippen LogP contribution in [0, 0.1) is 6.92 Å². The van der Waals surface area contributed by atoms with Gasteiger partial charge in [-0.05, 0) is 25.1 Å². The number of aromatic nitrogens is 1. The molecule has 1 N–H and O–H groups in total. The van der Waals surface area contributed by atoms with Crippen molar-refractivity contribution in [3.8, 4) is 11.6 Å². The Morgan fingerprint density at radius 2 is 2.00 bits per heavy atom. The maximum Gasteiger partial charge on any atom is 0.336 e. The second-order valence-electron chi connectivity index (χ2n) is 4.19. The number of carboxylic acids is 1. The van der Waals surface area contributed by atoms with Crippen LogP contribution in [0.15, 0.2) is 36.4 Å². The molecule has 5 nitrogen and oxygen atoms in total. The summed E-state index contributed by atoms with van der Waals surface area (Å²) in [6.07, 6.45) is 0. The smallest absolute Gasteiger partial charge is 0.336 e. The van der Waals surface area contributed by atoms with E-state index >= 15 is 0 Å². The number of nitrogens with zero attached hydrogens (tertiary/aromatic N) is 1. The fourth-order valence-corrected chi connectivity index (χ4v) is 1.81. The average Bonchev–Trinajstić information content (AvgIpc) is 2.46. The Bertz CT molecular complexity index is 625. The van der Waals surface area contributed by atoms with Crippen LogP contribution >= 0.6 is 0 Å². The van der Waals surface area contributed by atoms with Crippen molar-refractivity contribution in [2.45, 2.75) is 13.5 Å². The largest absolute Gasteiger partial charge is 0.487 e. The number of hydrogen-bond donors (Lipinski definition) is 1. The molecular formula is C15H15NO4. The number of ether oxygens (including phenoxy) is 2. The first-order valence-corrected chi connectivity index (χ1v) is 6.07. The summed E-state index contributed by atoms with van der Waals surface area (Å²) < 4.78 is 10.7. The first kappa shape index (κ1) is 13.9. The van der Waals surface area contributed by atoms with Gasteiger partial charge in [0.1, 0.15) is 12.4 Å². The number of methoxy groups -OCH3 is 1. The van der Waals surface area contributed by atoms with Gasteiger partial charge in [-0.15, -0.1) is 0 Å². The highest BCUT2D eigenvalue weighted by atomic mass is 16.5. The molecule has 0 saturated heterocycles. The van der Waals surface area contributed by atoms with Crippen LogP contribution in [0.4, 0.5) is 0 Å². The molecule has 0 atom stereocenters. The van der Waals surface area contributed by atoms with Crippen molar-refractivity contribution < 1.29 is 19.4 Å². The number of benzene rings is 1. The topological polar surface area (TPSA) is 68.7 Å². The van der Waals surface area contributed by atoms with Gasteiger partial charge in [0.05, 0.1) is 18.4 Å². The number of carboxylic acid groups (broad SMARTS) is 1. The molecule has 2 rings (SSSR count). The van der Waals surface area contributed by atoms with E-state index in [-0.39, 0.29) is 12.2 Å². The van der Waals surface area contributed by atoms with E-state index in [0.717, 1.165) is 0 Å². The number of hydrogen-bond acceptors (Lipinski definition) is 4. The van der Waals surface area contributed by atoms with E-state index in [9.17, 15) is 4.79 Å². The zero-order valence-corrected chi connectivity index (χ0v) is 11.3. The van der Waals surface area contributed by atoms with E-state index < -0.39 is 5.97 Å². The molecule has 1 aromatic carbocycles. The third-order valence-electron chi connectivity index (χ3n) is 2.88. The van der Waals surface area contributed by atoms with Gasteiger partial charge in [-0.2, -0.15) is 0 Å². The highest BCUT2D eigenvalue weighted by molar-refractivity contribution is 5.90. The summed E-state index contributed by atoms with van der Waals surface area (Å²) >= 11 is 0. The van der Waals surface area contributed by atoms with Crippen molar-refractivity contribution in [3.05, 3.63) is 53.2 Å². The normalized spacial score (nSPS) is 10.1. The van der Waals surface area contributed by atoms with E-state index in [0.29, 0.717) is 22.9 Å². The number of aromatic carboxylic acids is 1. The highest BCUT2D eigenvalue weighted by Crippen LogP contribution is 2.22. The van der Waals surface area contributed by atoms with Gasteiger partial charge in [0.15, 0.2) is 0 Å². The lowest BCUT2D eigenvalue weighted by molar-refractivity contribution is 0.0695. The van der Waals surface area contributed by atoms with Gasteiger partial charge in [0, 0.05) is 11.6 Å². The molecule has 0 spiro atoms. The summed E-state index contributed by atoms with van der Waals surface area (Å²) in [6.45, 7) is 1.97. The fourth-order valence-electron chi connectivity index (χ4n) is 1.81. The van der Waals surface area contributed by atoms with Crippen LogP contribution in [0.3, 0.4) is 0 Å². The van der Waals surface area contributed by atoms with Gasteiger partial charge >= 0.3 is 5.97 Å². The summed E-state index contributed by atoms with van der Waals surface area (Å²) in [5.41, 5.74) is 1.55. The van der Waals surface area contributed by atoms with Crippen molar-refractivity contribution in [2.75, 3.05) is 7.11 Å². The molecule has 0 radical (unpaired) electrons. The second-order valence-corrected chi connectivity index (χ2v) is 4.19. The minimum Gasteiger partial charge on any atom is -0.487 e. The average molecular weight is 273 g/mol. The molecule has 0 fully saturated rings. The minimum absolute atomic E-state index is 0.237. The minimum atomic E-state index is -0.965. The predicted molar refractivity (Wildman–Crippen MR) is 73.3 cm³/mol. The number of rotatable bonds is 5. The molecule has 5 heteroatoms. The van der Waals surface area contributed by atoms with Crippen molar-refractivity contribution in [2.24, 2.45) is 0 Å². The molecule has 0 saturated carbocycles. The maximum atomic E-state index is 11.0. The Kier molecular flexibility index (Phi) is 4.20. The summed E-state index contributed by atoms with van der Waals surface area (Å²) in [7, 11) is 1.55. The molecule has 0 aliphatic heterocycles. The van der Waals surface area contributed by atoms with Crippen LogP contribution in [0.5, 0.6) is 11.6 Å². The Labute approximate surface area is 116 Å². The zero-order chi connectivity index (χ0) is 14.5. The van der Waals surface area contributed by atoms with Crippen molar-refractivity contribution >= 4 is 5.97 Å². The molecule has 2 aromatic rings. The Balaban J connectivity index is 2.14. The van der Waals surface area contributed by atoms with E-state index in [1.807, 2.05) is 12.1 Å². The van der Waals surface area contributed by atoms with Gasteiger partial charge < -0.3 is 14.6 Å². The van der Waals surface area contributed by atoms with Crippen LogP contribution in [0.1, 0.15) is 21.6 Å². The van der Waals surface area contributed by atoms with E-state index in [1.165, 1.54) is 0 Å². The second kappa shape index (κ2) is 6.06. The van der Waals surface area contributed by atoms with Gasteiger partial charge in [-0.3, -0.25) is 0 Å². The lowest BCUT2D eigenvalue weighted by Crippen LogP contribution is -2.04. The Morgan fingerprint density at radius 3 is 2.70 bits per heavy atom. The van der Waals surface area contributed by atoms with Gasteiger partial charge in [-0.25, -0.2) is 9.78 Å². The molecule has 0 aliphatic rings. The molecule has 0 aliphatic carbocycles. The standard InChI is InChI=1S/C15H15NO4/c1-10-12(15(17)18)6-4-7-13(10)20-9-11-5-3-8-14(16-11)19-2/h3-8H,9H2,1-2H3,(H,17,18). The first-order valence-electron chi connectivity index (χ1n) is 6.07. The van der Waals surface area contributed by atoms with Crippen LogP contribution in [0.25, 0.3) is 0 Å². The van der Waals surface area contributed by atoms with E-state index in [2.05, 4.69) is 4.98 Å². The lowest BCUT2D eigenvalue weighted by Gasteiger charge is -2.11. The summed E-state index contributed by atoms with van der Waals surface area (Å²) in [4.78, 5) is 15.3. The number of pyridine rings is 1. The molecule has 1 heterocycles. The summed E-state index contributed by atoms with van der Waals surface area (Å²) in [5.74, 6) is 0.0871. The summed E-state index contributed by atoms with van der Waals surface area (Å²) in [5, 5.41) is 9.06. The SMILES string of the molecule is COc1cccc(COc2cccc(C(=O)O)c2C)n1. The van der Waals surface area contributed by atoms with Crippen molar-refractivity contribution in [3.63, 3.8) is 0 Å². The zero-order valence-electron chi connectivity index (χ0n) is 11.3. The maximum absolute atomic E-state index is 11.0. The molecule has 104 valence electrons. The molecular weight excluding hydrogens is 258 g/mol. The summed E-state index contributed by atoms with van der Waals surface area (Å²) in [6, 6.07) is 10.3. The fraction of sp³-hybridized carbons (Fsp3) is 0.200. The van der Waals surface area contributed by atoms with Gasteiger partial charge in [-0.1, -0.05) is 12.1 Å². The third kappa shape index (κ3) is 3.06. The number of carbonyl (C=O) groups is 1. The first-order chi connectivity index (χ1) is 9.61. The molecule has 0 amide bonds. The Hall–Kier alpha value is -2.56. The van der Waals surface area contributed by atoms with Crippen molar-refractivity contribution in [1.82, 2.24) is 4.98 Å². The molecule has 0 bridgehead atoms. The van der Waals surface area contributed by atoms with Gasteiger partial charge in [0.25, 0.3) is 0 Å². The molecule has 0 unspecified atom stereocenters. The highest BCUT2D eigenvalue weighted by Gasteiger charge is 2.11. The predicted octanol–water partition coefficient (Wildman–Crippen LogP) is 2.68. The monoisotopic (exact) mass is 273 g/mol. The van der Waals surface area contributed by atoms with E-state index in [1.54, 1.807) is 38.3 Å². The quantitative estimate of drug-likeness (QED) is 0.907. The van der Waals surface area contributed by atoms with Crippen LogP contribution in [-0.2, 0) is 6.61 Å². The Morgan fingerprint density at radius 1 is 1.25 bits per heavy atom. The van der Waals surface area contributed by atoms with Crippen LogP contribution in [0.2, 0.25) is 0 Å². The third-order valence-corrected chi connectivity index (χ3v) is 2.88. The molecule has 1 aromatic heterocycles. The lowest BCUT2D eigenvalue weighted by atomic mass is 10.1. The van der Waals surface area contributed by atoms with Crippen LogP contribution in [-0.4, -0.2) is 23.2 Å². The van der Waals surface area contributed by atoms with E-state index in [4.69, 9.17) is 14.6 Å². The molecule has 20 heavy (non-hydrogen) atoms. The van der Waals surface area contributed by atoms with Crippen LogP contribution < -0.4 is 9.47 Å². The van der Waals surface area contributed by atoms with Crippen molar-refractivity contribution in [1.29, 1.82) is 0 Å². The van der Waals surface area contributed by atoms with Gasteiger partial charge in [0.2, 0.25) is 5.88 Å².